The van der Waals surface area contributed by atoms with Crippen molar-refractivity contribution >= 4 is 5.82 Å². The summed E-state index contributed by atoms with van der Waals surface area (Å²) < 4.78 is 2.09. The molecule has 17 heavy (non-hydrogen) atoms. The van der Waals surface area contributed by atoms with Gasteiger partial charge in [-0.1, -0.05) is 6.07 Å². The van der Waals surface area contributed by atoms with Crippen LogP contribution >= 0.6 is 0 Å². The van der Waals surface area contributed by atoms with E-state index in [9.17, 15) is 0 Å². The Morgan fingerprint density at radius 1 is 1.35 bits per heavy atom. The maximum atomic E-state index is 4.50. The van der Waals surface area contributed by atoms with Crippen molar-refractivity contribution in [2.45, 2.75) is 19.9 Å². The average Bonchev–Trinajstić information content (AvgIpc) is 2.82. The Morgan fingerprint density at radius 3 is 2.94 bits per heavy atom. The first kappa shape index (κ1) is 11.6. The normalized spacial score (nSPS) is 10.5. The number of anilines is 1. The van der Waals surface area contributed by atoms with Crippen molar-refractivity contribution in [2.75, 3.05) is 18.5 Å². The minimum Gasteiger partial charge on any atom is -0.360 e. The van der Waals surface area contributed by atoms with Gasteiger partial charge in [0.25, 0.3) is 0 Å². The molecule has 0 aromatic carbocycles. The van der Waals surface area contributed by atoms with Gasteiger partial charge in [0.15, 0.2) is 0 Å². The van der Waals surface area contributed by atoms with Gasteiger partial charge in [-0.15, -0.1) is 0 Å². The highest BCUT2D eigenvalue weighted by molar-refractivity contribution is 5.37. The van der Waals surface area contributed by atoms with Gasteiger partial charge < -0.3 is 9.47 Å². The van der Waals surface area contributed by atoms with Crippen LogP contribution in [0.25, 0.3) is 0 Å². The summed E-state index contributed by atoms with van der Waals surface area (Å²) in [5.41, 5.74) is 1.06. The second-order valence-corrected chi connectivity index (χ2v) is 4.21. The van der Waals surface area contributed by atoms with Crippen LogP contribution < -0.4 is 4.90 Å². The average molecular weight is 230 g/mol. The fourth-order valence-corrected chi connectivity index (χ4v) is 1.77. The number of aryl methyl sites for hydroxylation is 2. The lowest BCUT2D eigenvalue weighted by Crippen LogP contribution is -2.21. The van der Waals surface area contributed by atoms with Gasteiger partial charge in [0.1, 0.15) is 5.82 Å². The topological polar surface area (TPSA) is 34.0 Å². The van der Waals surface area contributed by atoms with E-state index in [2.05, 4.69) is 26.5 Å². The van der Waals surface area contributed by atoms with Gasteiger partial charge in [-0.25, -0.2) is 9.97 Å². The van der Waals surface area contributed by atoms with E-state index in [4.69, 9.17) is 0 Å². The van der Waals surface area contributed by atoms with Crippen LogP contribution in [0.2, 0.25) is 0 Å². The standard InChI is InChI=1S/C13H18N4/c1-12-5-3-6-13(15-12)16(2)8-4-9-17-10-7-14-11-17/h3,5-7,10-11H,4,8-9H2,1-2H3. The molecule has 0 aliphatic rings. The van der Waals surface area contributed by atoms with E-state index in [0.29, 0.717) is 0 Å². The largest absolute Gasteiger partial charge is 0.360 e. The van der Waals surface area contributed by atoms with Crippen molar-refractivity contribution in [1.82, 2.24) is 14.5 Å². The maximum Gasteiger partial charge on any atom is 0.128 e. The molecule has 2 heterocycles. The zero-order valence-electron chi connectivity index (χ0n) is 10.4. The highest BCUT2D eigenvalue weighted by atomic mass is 15.2. The predicted octanol–water partition coefficient (Wildman–Crippen LogP) is 2.11. The molecule has 0 spiro atoms. The molecule has 0 amide bonds. The zero-order chi connectivity index (χ0) is 12.1. The molecule has 2 aromatic rings. The van der Waals surface area contributed by atoms with Gasteiger partial charge in [0, 0.05) is 38.2 Å². The molecule has 4 heteroatoms. The van der Waals surface area contributed by atoms with Crippen molar-refractivity contribution < 1.29 is 0 Å². The van der Waals surface area contributed by atoms with Crippen LogP contribution in [0.4, 0.5) is 5.82 Å². The minimum absolute atomic E-state index is 0.995. The summed E-state index contributed by atoms with van der Waals surface area (Å²) in [5.74, 6) is 1.04. The van der Waals surface area contributed by atoms with Gasteiger partial charge >= 0.3 is 0 Å². The molecule has 0 unspecified atom stereocenters. The first-order chi connectivity index (χ1) is 8.25. The fourth-order valence-electron chi connectivity index (χ4n) is 1.77. The van der Waals surface area contributed by atoms with E-state index in [-0.39, 0.29) is 0 Å². The van der Waals surface area contributed by atoms with Crippen molar-refractivity contribution in [1.29, 1.82) is 0 Å². The molecule has 2 aromatic heterocycles. The third-order valence-corrected chi connectivity index (χ3v) is 2.73. The molecule has 4 nitrogen and oxygen atoms in total. The maximum absolute atomic E-state index is 4.50. The number of pyridine rings is 1. The predicted molar refractivity (Wildman–Crippen MR) is 69.1 cm³/mol. The summed E-state index contributed by atoms with van der Waals surface area (Å²) in [7, 11) is 2.08. The van der Waals surface area contributed by atoms with Crippen molar-refractivity contribution in [2.24, 2.45) is 0 Å². The number of rotatable bonds is 5. The van der Waals surface area contributed by atoms with E-state index in [0.717, 1.165) is 31.0 Å². The fraction of sp³-hybridized carbons (Fsp3) is 0.385. The van der Waals surface area contributed by atoms with Crippen LogP contribution in [0, 0.1) is 6.92 Å². The molecule has 0 atom stereocenters. The summed E-state index contributed by atoms with van der Waals surface area (Å²) in [5, 5.41) is 0. The van der Waals surface area contributed by atoms with Gasteiger partial charge in [-0.05, 0) is 25.5 Å². The Hall–Kier alpha value is -1.84. The number of hydrogen-bond acceptors (Lipinski definition) is 3. The monoisotopic (exact) mass is 230 g/mol. The van der Waals surface area contributed by atoms with Gasteiger partial charge in [-0.3, -0.25) is 0 Å². The molecule has 0 saturated heterocycles. The van der Waals surface area contributed by atoms with E-state index in [1.165, 1.54) is 0 Å². The van der Waals surface area contributed by atoms with Crippen molar-refractivity contribution in [3.63, 3.8) is 0 Å². The number of aromatic nitrogens is 3. The lowest BCUT2D eigenvalue weighted by Gasteiger charge is -2.18. The molecule has 0 saturated carbocycles. The molecule has 0 N–H and O–H groups in total. The Labute approximate surface area is 102 Å². The van der Waals surface area contributed by atoms with Crippen molar-refractivity contribution in [3.8, 4) is 0 Å². The number of nitrogens with zero attached hydrogens (tertiary/aromatic N) is 4. The Kier molecular flexibility index (Phi) is 3.75. The summed E-state index contributed by atoms with van der Waals surface area (Å²) in [6.07, 6.45) is 6.74. The molecule has 2 rings (SSSR count). The first-order valence-electron chi connectivity index (χ1n) is 5.86. The molecule has 0 fully saturated rings. The zero-order valence-corrected chi connectivity index (χ0v) is 10.4. The van der Waals surface area contributed by atoms with E-state index in [1.54, 1.807) is 0 Å². The highest BCUT2D eigenvalue weighted by Gasteiger charge is 2.01. The SMILES string of the molecule is Cc1cccc(N(C)CCCn2ccnc2)n1. The molecule has 0 aliphatic heterocycles. The molecular formula is C13H18N4. The second kappa shape index (κ2) is 5.48. The molecular weight excluding hydrogens is 212 g/mol. The summed E-state index contributed by atoms with van der Waals surface area (Å²) in [6.45, 7) is 4.01. The molecule has 0 bridgehead atoms. The van der Waals surface area contributed by atoms with E-state index < -0.39 is 0 Å². The smallest absolute Gasteiger partial charge is 0.128 e. The summed E-state index contributed by atoms with van der Waals surface area (Å²) in [6, 6.07) is 6.11. The number of hydrogen-bond donors (Lipinski definition) is 0. The van der Waals surface area contributed by atoms with Crippen LogP contribution in [0.5, 0.6) is 0 Å². The van der Waals surface area contributed by atoms with Gasteiger partial charge in [-0.2, -0.15) is 0 Å². The van der Waals surface area contributed by atoms with Crippen LogP contribution in [0.15, 0.2) is 36.9 Å². The van der Waals surface area contributed by atoms with Gasteiger partial charge in [0.05, 0.1) is 6.33 Å². The van der Waals surface area contributed by atoms with Crippen LogP contribution in [0.1, 0.15) is 12.1 Å². The van der Waals surface area contributed by atoms with Crippen LogP contribution in [0.3, 0.4) is 0 Å². The van der Waals surface area contributed by atoms with Crippen molar-refractivity contribution in [3.05, 3.63) is 42.6 Å². The Bertz CT molecular complexity index is 450. The summed E-state index contributed by atoms with van der Waals surface area (Å²) >= 11 is 0. The minimum atomic E-state index is 0.995. The van der Waals surface area contributed by atoms with Crippen LogP contribution in [-0.2, 0) is 6.54 Å². The second-order valence-electron chi connectivity index (χ2n) is 4.21. The van der Waals surface area contributed by atoms with Crippen LogP contribution in [-0.4, -0.2) is 28.1 Å². The Morgan fingerprint density at radius 2 is 2.24 bits per heavy atom. The molecule has 0 aliphatic carbocycles. The first-order valence-corrected chi connectivity index (χ1v) is 5.86. The lowest BCUT2D eigenvalue weighted by atomic mass is 10.3. The lowest BCUT2D eigenvalue weighted by molar-refractivity contribution is 0.635. The Balaban J connectivity index is 1.83. The third kappa shape index (κ3) is 3.31. The summed E-state index contributed by atoms with van der Waals surface area (Å²) in [4.78, 5) is 10.7. The molecule has 90 valence electrons. The highest BCUT2D eigenvalue weighted by Crippen LogP contribution is 2.09. The van der Waals surface area contributed by atoms with E-state index in [1.807, 2.05) is 43.8 Å². The third-order valence-electron chi connectivity index (χ3n) is 2.73. The number of imidazole rings is 1. The van der Waals surface area contributed by atoms with Gasteiger partial charge in [0.2, 0.25) is 0 Å². The quantitative estimate of drug-likeness (QED) is 0.789. The van der Waals surface area contributed by atoms with E-state index >= 15 is 0 Å². The molecule has 0 radical (unpaired) electrons.